The van der Waals surface area contributed by atoms with E-state index in [2.05, 4.69) is 4.74 Å². The number of rotatable bonds is 10. The molecule has 0 fully saturated rings. The first kappa shape index (κ1) is 28.8. The van der Waals surface area contributed by atoms with Gasteiger partial charge < -0.3 is 19.3 Å². The van der Waals surface area contributed by atoms with Crippen LogP contribution < -0.4 is 9.47 Å². The molecule has 0 aromatic heterocycles. The highest BCUT2D eigenvalue weighted by Gasteiger charge is 2.71. The van der Waals surface area contributed by atoms with Crippen LogP contribution in [-0.2, 0) is 28.0 Å². The van der Waals surface area contributed by atoms with Crippen molar-refractivity contribution in [2.45, 2.75) is 36.9 Å². The summed E-state index contributed by atoms with van der Waals surface area (Å²) in [5.41, 5.74) is -4.84. The maximum absolute atomic E-state index is 13.2. The Kier molecular flexibility index (Phi) is 8.93. The van der Waals surface area contributed by atoms with E-state index in [1.165, 1.54) is 7.11 Å². The van der Waals surface area contributed by atoms with Gasteiger partial charge in [0.2, 0.25) is 0 Å². The van der Waals surface area contributed by atoms with Crippen molar-refractivity contribution in [3.63, 3.8) is 0 Å². The summed E-state index contributed by atoms with van der Waals surface area (Å²) in [6, 6.07) is 18.6. The molecule has 0 amide bonds. The van der Waals surface area contributed by atoms with Gasteiger partial charge >= 0.3 is 18.3 Å². The maximum atomic E-state index is 13.2. The lowest BCUT2D eigenvalue weighted by Crippen LogP contribution is -2.53. The van der Waals surface area contributed by atoms with Crippen molar-refractivity contribution < 1.29 is 50.5 Å². The van der Waals surface area contributed by atoms with Gasteiger partial charge in [-0.2, -0.15) is 26.3 Å². The van der Waals surface area contributed by atoms with Crippen molar-refractivity contribution in [2.75, 3.05) is 13.7 Å². The van der Waals surface area contributed by atoms with Gasteiger partial charge in [-0.15, -0.1) is 0 Å². The van der Waals surface area contributed by atoms with Crippen LogP contribution in [0.3, 0.4) is 0 Å². The number of methoxy groups -OCH3 is 1. The molecule has 1 atom stereocenters. The average molecular weight is 542 g/mol. The van der Waals surface area contributed by atoms with E-state index < -0.39 is 35.6 Å². The predicted molar refractivity (Wildman–Crippen MR) is 125 cm³/mol. The number of carbonyl (C=O) groups excluding carboxylic acids is 1. The maximum Gasteiger partial charge on any atom is 0.430 e. The highest BCUT2D eigenvalue weighted by Crippen LogP contribution is 2.50. The summed E-state index contributed by atoms with van der Waals surface area (Å²) in [5, 5.41) is 9.58. The second-order valence-corrected chi connectivity index (χ2v) is 8.37. The van der Waals surface area contributed by atoms with Gasteiger partial charge in [-0.3, -0.25) is 4.79 Å². The van der Waals surface area contributed by atoms with E-state index in [0.717, 1.165) is 17.7 Å². The fourth-order valence-corrected chi connectivity index (χ4v) is 3.60. The first-order valence-electron chi connectivity index (χ1n) is 11.3. The number of ether oxygens (including phenoxy) is 3. The third-order valence-electron chi connectivity index (χ3n) is 5.64. The first-order chi connectivity index (χ1) is 17.8. The molecule has 204 valence electrons. The van der Waals surface area contributed by atoms with Crippen molar-refractivity contribution in [1.82, 2.24) is 0 Å². The number of hydrogen-bond acceptors (Lipinski definition) is 5. The van der Waals surface area contributed by atoms with E-state index in [9.17, 15) is 36.2 Å². The third-order valence-corrected chi connectivity index (χ3v) is 5.64. The lowest BCUT2D eigenvalue weighted by molar-refractivity contribution is -0.376. The number of carbonyl (C=O) groups is 1. The molecule has 38 heavy (non-hydrogen) atoms. The summed E-state index contributed by atoms with van der Waals surface area (Å²) < 4.78 is 95.2. The monoisotopic (exact) mass is 542 g/mol. The van der Waals surface area contributed by atoms with Crippen LogP contribution in [0.15, 0.2) is 78.9 Å². The highest BCUT2D eigenvalue weighted by atomic mass is 19.4. The van der Waals surface area contributed by atoms with Gasteiger partial charge in [0.1, 0.15) is 24.2 Å². The molecule has 0 spiro atoms. The molecule has 0 bridgehead atoms. The number of aliphatic hydroxyl groups is 1. The molecule has 0 aliphatic heterocycles. The smallest absolute Gasteiger partial charge is 0.430 e. The van der Waals surface area contributed by atoms with Crippen LogP contribution in [0.5, 0.6) is 11.5 Å². The van der Waals surface area contributed by atoms with E-state index in [-0.39, 0.29) is 18.8 Å². The van der Waals surface area contributed by atoms with Crippen LogP contribution in [0.1, 0.15) is 16.7 Å². The zero-order chi connectivity index (χ0) is 28.0. The van der Waals surface area contributed by atoms with Crippen molar-refractivity contribution in [2.24, 2.45) is 0 Å². The van der Waals surface area contributed by atoms with Gasteiger partial charge in [-0.25, -0.2) is 0 Å². The number of benzene rings is 3. The minimum Gasteiger partial charge on any atom is -0.490 e. The van der Waals surface area contributed by atoms with Gasteiger partial charge in [-0.1, -0.05) is 54.6 Å². The Morgan fingerprint density at radius 3 is 1.87 bits per heavy atom. The number of alkyl halides is 6. The topological polar surface area (TPSA) is 65.0 Å². The van der Waals surface area contributed by atoms with E-state index >= 15 is 0 Å². The molecule has 0 saturated carbocycles. The third kappa shape index (κ3) is 6.97. The number of esters is 1. The van der Waals surface area contributed by atoms with E-state index in [0.29, 0.717) is 29.9 Å². The second-order valence-electron chi connectivity index (χ2n) is 8.37. The lowest BCUT2D eigenvalue weighted by atomic mass is 9.92. The normalized spacial score (nSPS) is 13.1. The molecular formula is C27H24F6O5. The minimum absolute atomic E-state index is 0.0119. The molecule has 3 rings (SSSR count). The zero-order valence-corrected chi connectivity index (χ0v) is 20.1. The van der Waals surface area contributed by atoms with Gasteiger partial charge in [0.15, 0.2) is 0 Å². The predicted octanol–water partition coefficient (Wildman–Crippen LogP) is 5.78. The second kappa shape index (κ2) is 11.8. The van der Waals surface area contributed by atoms with E-state index in [1.54, 1.807) is 36.4 Å². The Hall–Kier alpha value is -3.73. The zero-order valence-electron chi connectivity index (χ0n) is 20.1. The fourth-order valence-electron chi connectivity index (χ4n) is 3.60. The molecule has 1 N–H and O–H groups in total. The number of hydrogen-bond donors (Lipinski definition) is 1. The molecular weight excluding hydrogens is 518 g/mol. The molecule has 0 radical (unpaired) electrons. The molecule has 3 aromatic carbocycles. The lowest BCUT2D eigenvalue weighted by Gasteiger charge is -2.32. The quantitative estimate of drug-likeness (QED) is 0.260. The van der Waals surface area contributed by atoms with Gasteiger partial charge in [0.05, 0.1) is 13.5 Å². The minimum atomic E-state index is -5.98. The summed E-state index contributed by atoms with van der Waals surface area (Å²) in [6.45, 7) is -0.0119. The van der Waals surface area contributed by atoms with Crippen LogP contribution in [-0.4, -0.2) is 43.2 Å². The largest absolute Gasteiger partial charge is 0.490 e. The van der Waals surface area contributed by atoms with Crippen LogP contribution in [0.25, 0.3) is 0 Å². The van der Waals surface area contributed by atoms with E-state index in [4.69, 9.17) is 9.47 Å². The van der Waals surface area contributed by atoms with Crippen molar-refractivity contribution in [3.05, 3.63) is 95.6 Å². The molecule has 11 heteroatoms. The molecule has 0 heterocycles. The summed E-state index contributed by atoms with van der Waals surface area (Å²) in [7, 11) is 1.28. The van der Waals surface area contributed by atoms with Gasteiger partial charge in [-0.05, 0) is 35.4 Å². The first-order valence-corrected chi connectivity index (χ1v) is 11.3. The molecule has 0 aliphatic rings. The van der Waals surface area contributed by atoms with Gasteiger partial charge in [0, 0.05) is 12.0 Å². The van der Waals surface area contributed by atoms with Gasteiger partial charge in [0.25, 0.3) is 5.60 Å². The Labute approximate surface area is 214 Å². The van der Waals surface area contributed by atoms with Crippen LogP contribution >= 0.6 is 0 Å². The fraction of sp³-hybridized carbons (Fsp3) is 0.296. The van der Waals surface area contributed by atoms with Crippen molar-refractivity contribution >= 4 is 5.97 Å². The standard InChI is InChI=1S/C27H24F6O5/c1-36-24(34)16-19-7-11-21(12-8-19)37-17-23(15-18-5-3-2-4-6-18)38-22-13-9-20(10-14-22)25(35,26(28,29)30)27(31,32)33/h2-14,23,35H,15-17H2,1H3/t23-/m0/s1. The summed E-state index contributed by atoms with van der Waals surface area (Å²) in [5.74, 6) is 0.0411. The molecule has 5 nitrogen and oxygen atoms in total. The Balaban J connectivity index is 1.76. The Morgan fingerprint density at radius 1 is 0.789 bits per heavy atom. The van der Waals surface area contributed by atoms with E-state index in [1.807, 2.05) is 18.2 Å². The highest BCUT2D eigenvalue weighted by molar-refractivity contribution is 5.72. The number of halogens is 6. The molecule has 0 unspecified atom stereocenters. The summed E-state index contributed by atoms with van der Waals surface area (Å²) >= 11 is 0. The SMILES string of the molecule is COC(=O)Cc1ccc(OC[C@H](Cc2ccccc2)Oc2ccc(C(O)(C(F)(F)F)C(F)(F)F)cc2)cc1. The molecule has 3 aromatic rings. The Morgan fingerprint density at radius 2 is 1.34 bits per heavy atom. The summed E-state index contributed by atoms with van der Waals surface area (Å²) in [4.78, 5) is 11.4. The Bertz CT molecular complexity index is 1160. The molecule has 0 aliphatic carbocycles. The molecule has 0 saturated heterocycles. The van der Waals surface area contributed by atoms with Crippen LogP contribution in [0, 0.1) is 0 Å². The van der Waals surface area contributed by atoms with Crippen molar-refractivity contribution in [3.8, 4) is 11.5 Å². The summed E-state index contributed by atoms with van der Waals surface area (Å²) in [6.07, 6.45) is -12.2. The van der Waals surface area contributed by atoms with Crippen LogP contribution in [0.4, 0.5) is 26.3 Å². The van der Waals surface area contributed by atoms with Crippen LogP contribution in [0.2, 0.25) is 0 Å². The van der Waals surface area contributed by atoms with Crippen molar-refractivity contribution in [1.29, 1.82) is 0 Å². The average Bonchev–Trinajstić information content (AvgIpc) is 2.87.